The Labute approximate surface area is 181 Å². The summed E-state index contributed by atoms with van der Waals surface area (Å²) >= 11 is 0. The molecule has 0 spiro atoms. The fourth-order valence-electron chi connectivity index (χ4n) is 5.52. The van der Waals surface area contributed by atoms with Gasteiger partial charge in [0.05, 0.1) is 11.5 Å². The number of rotatable bonds is 6. The van der Waals surface area contributed by atoms with Crippen LogP contribution in [0.2, 0.25) is 0 Å². The van der Waals surface area contributed by atoms with E-state index in [1.807, 2.05) is 12.4 Å². The van der Waals surface area contributed by atoms with Crippen LogP contribution in [0.25, 0.3) is 0 Å². The Bertz CT molecular complexity index is 669. The summed E-state index contributed by atoms with van der Waals surface area (Å²) in [7, 11) is 0. The Balaban J connectivity index is 1.21. The molecule has 1 aromatic rings. The lowest BCUT2D eigenvalue weighted by atomic mass is 9.84. The highest BCUT2D eigenvalue weighted by Gasteiger charge is 2.34. The Hall–Kier alpha value is -1.50. The molecular weight excluding hydrogens is 376 g/mol. The predicted molar refractivity (Wildman–Crippen MR) is 118 cm³/mol. The minimum atomic E-state index is -0.677. The SMILES string of the molecule is O=C(NCC1(O)CCCCC1)[C@H]1CCCN(C2CCN(Cc3ccncc3)CC2)C1. The second-order valence-electron chi connectivity index (χ2n) is 9.70. The third kappa shape index (κ3) is 5.80. The van der Waals surface area contributed by atoms with Crippen LogP contribution in [0.3, 0.4) is 0 Å². The van der Waals surface area contributed by atoms with Crippen LogP contribution in [0.15, 0.2) is 24.5 Å². The van der Waals surface area contributed by atoms with E-state index >= 15 is 0 Å². The summed E-state index contributed by atoms with van der Waals surface area (Å²) in [5, 5.41) is 13.8. The van der Waals surface area contributed by atoms with E-state index in [1.165, 1.54) is 24.8 Å². The zero-order valence-corrected chi connectivity index (χ0v) is 18.3. The first-order valence-corrected chi connectivity index (χ1v) is 12.0. The molecule has 166 valence electrons. The van der Waals surface area contributed by atoms with E-state index in [9.17, 15) is 9.90 Å². The summed E-state index contributed by atoms with van der Waals surface area (Å²) in [6.07, 6.45) is 13.2. The average molecular weight is 415 g/mol. The number of hydrogen-bond donors (Lipinski definition) is 2. The highest BCUT2D eigenvalue weighted by atomic mass is 16.3. The van der Waals surface area contributed by atoms with E-state index in [1.54, 1.807) is 0 Å². The van der Waals surface area contributed by atoms with E-state index in [2.05, 4.69) is 32.2 Å². The standard InChI is InChI=1S/C24H38N4O2/c29-23(26-19-24(30)10-2-1-3-11-24)21-5-4-14-28(18-21)22-8-15-27(16-9-22)17-20-6-12-25-13-7-20/h6-7,12-13,21-22,30H,1-5,8-11,14-19H2,(H,26,29)/t21-/m0/s1. The summed E-state index contributed by atoms with van der Waals surface area (Å²) in [6, 6.07) is 4.80. The van der Waals surface area contributed by atoms with Gasteiger partial charge < -0.3 is 10.4 Å². The van der Waals surface area contributed by atoms with Gasteiger partial charge in [-0.3, -0.25) is 19.6 Å². The number of carbonyl (C=O) groups is 1. The van der Waals surface area contributed by atoms with E-state index < -0.39 is 5.60 Å². The molecule has 2 N–H and O–H groups in total. The number of aliphatic hydroxyl groups is 1. The number of pyridine rings is 1. The number of amides is 1. The maximum Gasteiger partial charge on any atom is 0.224 e. The lowest BCUT2D eigenvalue weighted by Gasteiger charge is -2.42. The molecule has 3 aliphatic rings. The molecule has 0 bridgehead atoms. The van der Waals surface area contributed by atoms with Crippen LogP contribution in [0.4, 0.5) is 0 Å². The van der Waals surface area contributed by atoms with E-state index in [0.717, 1.165) is 71.2 Å². The Morgan fingerprint density at radius 2 is 1.80 bits per heavy atom. The molecule has 1 aromatic heterocycles. The lowest BCUT2D eigenvalue weighted by molar-refractivity contribution is -0.128. The molecule has 1 saturated carbocycles. The molecule has 6 nitrogen and oxygen atoms in total. The van der Waals surface area contributed by atoms with E-state index in [0.29, 0.717) is 12.6 Å². The third-order valence-corrected chi connectivity index (χ3v) is 7.43. The van der Waals surface area contributed by atoms with Crippen LogP contribution in [0.1, 0.15) is 63.4 Å². The molecule has 2 aliphatic heterocycles. The normalized spacial score (nSPS) is 26.4. The summed E-state index contributed by atoms with van der Waals surface area (Å²) in [6.45, 7) is 5.65. The molecule has 0 unspecified atom stereocenters. The van der Waals surface area contributed by atoms with Gasteiger partial charge in [0.1, 0.15) is 0 Å². The van der Waals surface area contributed by atoms with E-state index in [4.69, 9.17) is 0 Å². The van der Waals surface area contributed by atoms with Gasteiger partial charge >= 0.3 is 0 Å². The van der Waals surface area contributed by atoms with Crippen LogP contribution in [0.5, 0.6) is 0 Å². The van der Waals surface area contributed by atoms with Gasteiger partial charge in [-0.1, -0.05) is 19.3 Å². The quantitative estimate of drug-likeness (QED) is 0.749. The topological polar surface area (TPSA) is 68.7 Å². The highest BCUT2D eigenvalue weighted by Crippen LogP contribution is 2.28. The van der Waals surface area contributed by atoms with Gasteiger partial charge in [0.2, 0.25) is 5.91 Å². The molecular formula is C24H38N4O2. The van der Waals surface area contributed by atoms with Crippen LogP contribution in [-0.4, -0.2) is 70.2 Å². The van der Waals surface area contributed by atoms with Crippen molar-refractivity contribution in [2.45, 2.75) is 76.0 Å². The van der Waals surface area contributed by atoms with Crippen molar-refractivity contribution < 1.29 is 9.90 Å². The van der Waals surface area contributed by atoms with Crippen molar-refractivity contribution in [2.75, 3.05) is 32.7 Å². The predicted octanol–water partition coefficient (Wildman–Crippen LogP) is 2.57. The van der Waals surface area contributed by atoms with Gasteiger partial charge in [0.15, 0.2) is 0 Å². The first kappa shape index (κ1) is 21.7. The molecule has 30 heavy (non-hydrogen) atoms. The molecule has 3 heterocycles. The minimum absolute atomic E-state index is 0.0702. The Morgan fingerprint density at radius 1 is 1.07 bits per heavy atom. The van der Waals surface area contributed by atoms with Crippen molar-refractivity contribution in [3.63, 3.8) is 0 Å². The fraction of sp³-hybridized carbons (Fsp3) is 0.750. The molecule has 0 radical (unpaired) electrons. The molecule has 4 rings (SSSR count). The van der Waals surface area contributed by atoms with Gasteiger partial charge in [-0.25, -0.2) is 0 Å². The van der Waals surface area contributed by atoms with E-state index in [-0.39, 0.29) is 11.8 Å². The number of carbonyl (C=O) groups excluding carboxylic acids is 1. The zero-order valence-electron chi connectivity index (χ0n) is 18.3. The van der Waals surface area contributed by atoms with Gasteiger partial charge in [-0.15, -0.1) is 0 Å². The molecule has 1 atom stereocenters. The monoisotopic (exact) mass is 414 g/mol. The summed E-state index contributed by atoms with van der Waals surface area (Å²) in [5.41, 5.74) is 0.655. The fourth-order valence-corrected chi connectivity index (χ4v) is 5.52. The lowest BCUT2D eigenvalue weighted by Crippen LogP contribution is -2.52. The van der Waals surface area contributed by atoms with Crippen molar-refractivity contribution in [3.05, 3.63) is 30.1 Å². The second kappa shape index (κ2) is 10.2. The van der Waals surface area contributed by atoms with Gasteiger partial charge in [-0.2, -0.15) is 0 Å². The number of nitrogens with zero attached hydrogens (tertiary/aromatic N) is 3. The van der Waals surface area contributed by atoms with Crippen molar-refractivity contribution >= 4 is 5.91 Å². The molecule has 0 aromatic carbocycles. The molecule has 2 saturated heterocycles. The number of aromatic nitrogens is 1. The van der Waals surface area contributed by atoms with Crippen LogP contribution < -0.4 is 5.32 Å². The second-order valence-corrected chi connectivity index (χ2v) is 9.70. The van der Waals surface area contributed by atoms with Gasteiger partial charge in [0.25, 0.3) is 0 Å². The molecule has 1 amide bonds. The highest BCUT2D eigenvalue weighted by molar-refractivity contribution is 5.79. The number of nitrogens with one attached hydrogen (secondary N) is 1. The largest absolute Gasteiger partial charge is 0.388 e. The maximum atomic E-state index is 12.8. The first-order valence-electron chi connectivity index (χ1n) is 12.0. The molecule has 3 fully saturated rings. The summed E-state index contributed by atoms with van der Waals surface area (Å²) in [5.74, 6) is 0.217. The summed E-state index contributed by atoms with van der Waals surface area (Å²) in [4.78, 5) is 22.0. The average Bonchev–Trinajstić information content (AvgIpc) is 2.79. The van der Waals surface area contributed by atoms with Crippen molar-refractivity contribution in [1.82, 2.24) is 20.1 Å². The van der Waals surface area contributed by atoms with Crippen molar-refractivity contribution in [3.8, 4) is 0 Å². The maximum absolute atomic E-state index is 12.8. The minimum Gasteiger partial charge on any atom is -0.388 e. The number of piperidine rings is 2. The van der Waals surface area contributed by atoms with Crippen LogP contribution in [-0.2, 0) is 11.3 Å². The zero-order chi connectivity index (χ0) is 20.8. The smallest absolute Gasteiger partial charge is 0.224 e. The summed E-state index contributed by atoms with van der Waals surface area (Å²) < 4.78 is 0. The Kier molecular flexibility index (Phi) is 7.39. The number of hydrogen-bond acceptors (Lipinski definition) is 5. The molecule has 1 aliphatic carbocycles. The number of likely N-dealkylation sites (tertiary alicyclic amines) is 2. The van der Waals surface area contributed by atoms with Crippen molar-refractivity contribution in [2.24, 2.45) is 5.92 Å². The Morgan fingerprint density at radius 3 is 2.53 bits per heavy atom. The molecule has 6 heteroatoms. The van der Waals surface area contributed by atoms with Crippen molar-refractivity contribution in [1.29, 1.82) is 0 Å². The van der Waals surface area contributed by atoms with Gasteiger partial charge in [-0.05, 0) is 75.9 Å². The first-order chi connectivity index (χ1) is 14.6. The third-order valence-electron chi connectivity index (χ3n) is 7.43. The van der Waals surface area contributed by atoms with Crippen LogP contribution >= 0.6 is 0 Å². The van der Waals surface area contributed by atoms with Crippen LogP contribution in [0, 0.1) is 5.92 Å². The van der Waals surface area contributed by atoms with Gasteiger partial charge in [0, 0.05) is 38.1 Å².